The predicted octanol–water partition coefficient (Wildman–Crippen LogP) is 3.19. The number of nitrogens with zero attached hydrogens (tertiary/aromatic N) is 2. The van der Waals surface area contributed by atoms with E-state index < -0.39 is 6.10 Å². The summed E-state index contributed by atoms with van der Waals surface area (Å²) >= 11 is 6.06. The van der Waals surface area contributed by atoms with Crippen LogP contribution in [0, 0.1) is 5.92 Å². The van der Waals surface area contributed by atoms with Crippen LogP contribution in [0.15, 0.2) is 24.3 Å². The van der Waals surface area contributed by atoms with Crippen LogP contribution in [0.3, 0.4) is 0 Å². The summed E-state index contributed by atoms with van der Waals surface area (Å²) in [5.41, 5.74) is 0. The summed E-state index contributed by atoms with van der Waals surface area (Å²) in [4.78, 5) is 16.6. The van der Waals surface area contributed by atoms with Gasteiger partial charge in [0.2, 0.25) is 5.91 Å². The van der Waals surface area contributed by atoms with Crippen LogP contribution >= 0.6 is 11.6 Å². The standard InChI is InChI=1S/C21H31ClN2O3/c22-19-7-3-4-8-20(19)27-16-18(25)15-23-11-13-24(14-12-23)21(26)10-9-17-5-1-2-6-17/h3-4,7-8,17-18,25H,1-2,5-6,9-16H2. The summed E-state index contributed by atoms with van der Waals surface area (Å²) in [5.74, 6) is 1.66. The average molecular weight is 395 g/mol. The summed E-state index contributed by atoms with van der Waals surface area (Å²) < 4.78 is 5.61. The molecule has 5 nitrogen and oxygen atoms in total. The number of amides is 1. The van der Waals surface area contributed by atoms with Gasteiger partial charge in [0.25, 0.3) is 0 Å². The molecule has 1 aromatic rings. The first kappa shape index (κ1) is 20.4. The lowest BCUT2D eigenvalue weighted by atomic mass is 10.0. The number of para-hydroxylation sites is 1. The highest BCUT2D eigenvalue weighted by atomic mass is 35.5. The molecule has 6 heteroatoms. The second-order valence-electron chi connectivity index (χ2n) is 7.77. The molecule has 150 valence electrons. The third-order valence-corrected chi connectivity index (χ3v) is 6.02. The minimum atomic E-state index is -0.578. The molecule has 1 aliphatic heterocycles. The zero-order valence-corrected chi connectivity index (χ0v) is 16.7. The minimum Gasteiger partial charge on any atom is -0.489 e. The molecule has 27 heavy (non-hydrogen) atoms. The van der Waals surface area contributed by atoms with E-state index in [1.54, 1.807) is 12.1 Å². The predicted molar refractivity (Wildman–Crippen MR) is 107 cm³/mol. The number of piperazine rings is 1. The number of ether oxygens (including phenoxy) is 1. The molecule has 1 aliphatic carbocycles. The molecule has 1 N–H and O–H groups in total. The zero-order chi connectivity index (χ0) is 19.1. The van der Waals surface area contributed by atoms with Gasteiger partial charge in [0.1, 0.15) is 18.5 Å². The fourth-order valence-corrected chi connectivity index (χ4v) is 4.25. The van der Waals surface area contributed by atoms with E-state index in [2.05, 4.69) is 4.90 Å². The number of aliphatic hydroxyl groups excluding tert-OH is 1. The Morgan fingerprint density at radius 3 is 2.59 bits per heavy atom. The molecule has 1 saturated heterocycles. The van der Waals surface area contributed by atoms with Gasteiger partial charge in [-0.1, -0.05) is 49.4 Å². The van der Waals surface area contributed by atoms with Gasteiger partial charge in [0, 0.05) is 39.1 Å². The van der Waals surface area contributed by atoms with Crippen molar-refractivity contribution in [1.82, 2.24) is 9.80 Å². The van der Waals surface area contributed by atoms with Gasteiger partial charge in [0.15, 0.2) is 0 Å². The first-order valence-corrected chi connectivity index (χ1v) is 10.5. The van der Waals surface area contributed by atoms with Crippen LogP contribution in [0.5, 0.6) is 5.75 Å². The van der Waals surface area contributed by atoms with Crippen LogP contribution in [-0.2, 0) is 4.79 Å². The smallest absolute Gasteiger partial charge is 0.222 e. The third-order valence-electron chi connectivity index (χ3n) is 5.70. The van der Waals surface area contributed by atoms with Crippen LogP contribution in [-0.4, -0.2) is 66.2 Å². The Hall–Kier alpha value is -1.30. The molecule has 1 aromatic carbocycles. The monoisotopic (exact) mass is 394 g/mol. The van der Waals surface area contributed by atoms with Gasteiger partial charge in [-0.3, -0.25) is 9.69 Å². The van der Waals surface area contributed by atoms with Crippen molar-refractivity contribution in [2.75, 3.05) is 39.3 Å². The van der Waals surface area contributed by atoms with E-state index in [4.69, 9.17) is 16.3 Å². The van der Waals surface area contributed by atoms with E-state index in [1.165, 1.54) is 25.7 Å². The normalized spacial score (nSPS) is 20.0. The van der Waals surface area contributed by atoms with Crippen molar-refractivity contribution < 1.29 is 14.6 Å². The second kappa shape index (κ2) is 10.3. The molecule has 1 saturated carbocycles. The van der Waals surface area contributed by atoms with E-state index >= 15 is 0 Å². The van der Waals surface area contributed by atoms with Crippen molar-refractivity contribution in [2.24, 2.45) is 5.92 Å². The number of halogens is 1. The van der Waals surface area contributed by atoms with Gasteiger partial charge < -0.3 is 14.7 Å². The Morgan fingerprint density at radius 1 is 1.19 bits per heavy atom. The molecular weight excluding hydrogens is 364 g/mol. The Morgan fingerprint density at radius 2 is 1.89 bits per heavy atom. The molecule has 2 aliphatic rings. The van der Waals surface area contributed by atoms with Gasteiger partial charge in [-0.2, -0.15) is 0 Å². The summed E-state index contributed by atoms with van der Waals surface area (Å²) in [6.45, 7) is 3.87. The summed E-state index contributed by atoms with van der Waals surface area (Å²) in [6.07, 6.45) is 6.44. The Bertz CT molecular complexity index is 599. The number of carbonyl (C=O) groups is 1. The minimum absolute atomic E-state index is 0.213. The SMILES string of the molecule is O=C(CCC1CCCC1)N1CCN(CC(O)COc2ccccc2Cl)CC1. The lowest BCUT2D eigenvalue weighted by Gasteiger charge is -2.35. The van der Waals surface area contributed by atoms with Gasteiger partial charge >= 0.3 is 0 Å². The number of hydrogen-bond acceptors (Lipinski definition) is 4. The van der Waals surface area contributed by atoms with Crippen LogP contribution in [0.1, 0.15) is 38.5 Å². The second-order valence-corrected chi connectivity index (χ2v) is 8.17. The number of aliphatic hydroxyl groups is 1. The first-order chi connectivity index (χ1) is 13.1. The van der Waals surface area contributed by atoms with Crippen LogP contribution in [0.25, 0.3) is 0 Å². The van der Waals surface area contributed by atoms with Crippen LogP contribution in [0.4, 0.5) is 0 Å². The summed E-state index contributed by atoms with van der Waals surface area (Å²) in [7, 11) is 0. The molecule has 1 atom stereocenters. The quantitative estimate of drug-likeness (QED) is 0.735. The number of rotatable bonds is 8. The highest BCUT2D eigenvalue weighted by molar-refractivity contribution is 6.32. The maximum atomic E-state index is 12.4. The van der Waals surface area contributed by atoms with Crippen molar-refractivity contribution in [3.05, 3.63) is 29.3 Å². The van der Waals surface area contributed by atoms with Gasteiger partial charge in [0.05, 0.1) is 5.02 Å². The van der Waals surface area contributed by atoms with Crippen molar-refractivity contribution in [1.29, 1.82) is 0 Å². The fraction of sp³-hybridized carbons (Fsp3) is 0.667. The summed E-state index contributed by atoms with van der Waals surface area (Å²) in [6, 6.07) is 7.27. The zero-order valence-electron chi connectivity index (χ0n) is 16.0. The van der Waals surface area contributed by atoms with Gasteiger partial charge in [-0.25, -0.2) is 0 Å². The Labute approximate surface area is 167 Å². The maximum Gasteiger partial charge on any atom is 0.222 e. The van der Waals surface area contributed by atoms with E-state index in [1.807, 2.05) is 17.0 Å². The molecule has 0 radical (unpaired) electrons. The molecule has 1 amide bonds. The molecule has 1 unspecified atom stereocenters. The first-order valence-electron chi connectivity index (χ1n) is 10.2. The van der Waals surface area contributed by atoms with Crippen molar-refractivity contribution in [2.45, 2.75) is 44.6 Å². The highest BCUT2D eigenvalue weighted by Crippen LogP contribution is 2.28. The van der Waals surface area contributed by atoms with E-state index in [9.17, 15) is 9.90 Å². The molecule has 1 heterocycles. The Balaban J connectivity index is 1.32. The van der Waals surface area contributed by atoms with Crippen LogP contribution in [0.2, 0.25) is 5.02 Å². The third kappa shape index (κ3) is 6.37. The van der Waals surface area contributed by atoms with Gasteiger partial charge in [-0.05, 0) is 24.5 Å². The fourth-order valence-electron chi connectivity index (χ4n) is 4.06. The molecular formula is C21H31ClN2O3. The number of β-amino-alcohol motifs (C(OH)–C–C–N with tert-alkyl or cyclic N) is 1. The van der Waals surface area contributed by atoms with E-state index in [-0.39, 0.29) is 6.61 Å². The molecule has 2 fully saturated rings. The lowest BCUT2D eigenvalue weighted by Crippen LogP contribution is -2.51. The summed E-state index contributed by atoms with van der Waals surface area (Å²) in [5, 5.41) is 10.8. The largest absolute Gasteiger partial charge is 0.489 e. The average Bonchev–Trinajstić information content (AvgIpc) is 3.20. The highest BCUT2D eigenvalue weighted by Gasteiger charge is 2.24. The van der Waals surface area contributed by atoms with Crippen molar-refractivity contribution in [3.8, 4) is 5.75 Å². The van der Waals surface area contributed by atoms with Crippen molar-refractivity contribution >= 4 is 17.5 Å². The Kier molecular flexibility index (Phi) is 7.80. The lowest BCUT2D eigenvalue weighted by molar-refractivity contribution is -0.133. The van der Waals surface area contributed by atoms with Crippen LogP contribution < -0.4 is 4.74 Å². The number of benzene rings is 1. The number of hydrogen-bond donors (Lipinski definition) is 1. The van der Waals surface area contributed by atoms with E-state index in [0.29, 0.717) is 29.6 Å². The maximum absolute atomic E-state index is 12.4. The van der Waals surface area contributed by atoms with Crippen molar-refractivity contribution in [3.63, 3.8) is 0 Å². The molecule has 0 bridgehead atoms. The number of carbonyl (C=O) groups excluding carboxylic acids is 1. The van der Waals surface area contributed by atoms with Gasteiger partial charge in [-0.15, -0.1) is 0 Å². The van der Waals surface area contributed by atoms with E-state index in [0.717, 1.165) is 38.5 Å². The molecule has 0 aromatic heterocycles. The topological polar surface area (TPSA) is 53.0 Å². The molecule has 3 rings (SSSR count). The molecule has 0 spiro atoms.